The Morgan fingerprint density at radius 2 is 1.86 bits per heavy atom. The first-order chi connectivity index (χ1) is 14.1. The lowest BCUT2D eigenvalue weighted by atomic mass is 9.64. The summed E-state index contributed by atoms with van der Waals surface area (Å²) in [7, 11) is 1.87. The predicted molar refractivity (Wildman–Crippen MR) is 120 cm³/mol. The summed E-state index contributed by atoms with van der Waals surface area (Å²) in [5.74, 6) is 2.57. The standard InChI is InChI=1S/C22H39N7/c1-19(2)17-22(7-4-8-22)18-27-20(23-3)24-11-6-12-28-13-15-29(16-14-28)21-25-9-5-10-26-21/h5,9-10,19H,4,6-8,11-18H2,1-3H3,(H2,23,24,27). The maximum absolute atomic E-state index is 4.42. The molecule has 1 saturated carbocycles. The molecule has 2 aliphatic rings. The van der Waals surface area contributed by atoms with Gasteiger partial charge >= 0.3 is 0 Å². The fourth-order valence-electron chi connectivity index (χ4n) is 4.62. The second-order valence-corrected chi connectivity index (χ2v) is 9.04. The van der Waals surface area contributed by atoms with E-state index in [1.807, 2.05) is 25.5 Å². The van der Waals surface area contributed by atoms with Crippen LogP contribution in [0.15, 0.2) is 23.5 Å². The predicted octanol–water partition coefficient (Wildman–Crippen LogP) is 2.37. The number of nitrogens with one attached hydrogen (secondary N) is 2. The summed E-state index contributed by atoms with van der Waals surface area (Å²) < 4.78 is 0. The summed E-state index contributed by atoms with van der Waals surface area (Å²) in [4.78, 5) is 17.9. The zero-order valence-electron chi connectivity index (χ0n) is 18.5. The molecule has 7 heteroatoms. The van der Waals surface area contributed by atoms with E-state index in [1.54, 1.807) is 0 Å². The number of anilines is 1. The molecule has 0 spiro atoms. The third-order valence-corrected chi connectivity index (χ3v) is 6.26. The zero-order valence-corrected chi connectivity index (χ0v) is 18.5. The molecule has 7 nitrogen and oxygen atoms in total. The lowest BCUT2D eigenvalue weighted by molar-refractivity contribution is 0.104. The number of aliphatic imine (C=N–C) groups is 1. The van der Waals surface area contributed by atoms with Gasteiger partial charge in [0.1, 0.15) is 0 Å². The van der Waals surface area contributed by atoms with Crippen molar-refractivity contribution in [3.8, 4) is 0 Å². The molecule has 0 atom stereocenters. The Kier molecular flexibility index (Phi) is 8.09. The molecule has 1 aromatic heterocycles. The first kappa shape index (κ1) is 21.8. The molecule has 0 bridgehead atoms. The Morgan fingerprint density at radius 3 is 2.45 bits per heavy atom. The highest BCUT2D eigenvalue weighted by atomic mass is 15.3. The summed E-state index contributed by atoms with van der Waals surface area (Å²) in [5, 5.41) is 7.08. The molecule has 1 saturated heterocycles. The molecule has 29 heavy (non-hydrogen) atoms. The molecule has 0 radical (unpaired) electrons. The topological polar surface area (TPSA) is 68.7 Å². The first-order valence-corrected chi connectivity index (χ1v) is 11.3. The van der Waals surface area contributed by atoms with Crippen LogP contribution in [0, 0.1) is 11.3 Å². The molecule has 1 aliphatic carbocycles. The molecule has 2 fully saturated rings. The van der Waals surface area contributed by atoms with Crippen LogP contribution in [-0.2, 0) is 0 Å². The molecule has 0 unspecified atom stereocenters. The minimum atomic E-state index is 0.494. The molecular formula is C22H39N7. The van der Waals surface area contributed by atoms with E-state index >= 15 is 0 Å². The molecule has 1 aliphatic heterocycles. The highest BCUT2D eigenvalue weighted by molar-refractivity contribution is 5.79. The Morgan fingerprint density at radius 1 is 1.14 bits per heavy atom. The lowest BCUT2D eigenvalue weighted by Crippen LogP contribution is -2.48. The SMILES string of the molecule is CN=C(NCCCN1CCN(c2ncccn2)CC1)NCC1(CC(C)C)CCC1. The summed E-state index contributed by atoms with van der Waals surface area (Å²) in [5.41, 5.74) is 0.494. The second-order valence-electron chi connectivity index (χ2n) is 9.04. The van der Waals surface area contributed by atoms with Crippen LogP contribution in [0.25, 0.3) is 0 Å². The van der Waals surface area contributed by atoms with Gasteiger partial charge in [0.15, 0.2) is 5.96 Å². The number of aromatic nitrogens is 2. The van der Waals surface area contributed by atoms with Crippen molar-refractivity contribution in [2.24, 2.45) is 16.3 Å². The normalized spacial score (nSPS) is 19.9. The van der Waals surface area contributed by atoms with Gasteiger partial charge in [-0.2, -0.15) is 0 Å². The van der Waals surface area contributed by atoms with Gasteiger partial charge in [0.25, 0.3) is 0 Å². The minimum Gasteiger partial charge on any atom is -0.356 e. The smallest absolute Gasteiger partial charge is 0.225 e. The average Bonchev–Trinajstić information content (AvgIpc) is 2.72. The van der Waals surface area contributed by atoms with Gasteiger partial charge in [-0.15, -0.1) is 0 Å². The zero-order chi connectivity index (χ0) is 20.5. The maximum atomic E-state index is 4.42. The van der Waals surface area contributed by atoms with Gasteiger partial charge in [0.2, 0.25) is 5.95 Å². The van der Waals surface area contributed by atoms with Crippen LogP contribution in [0.5, 0.6) is 0 Å². The molecule has 2 heterocycles. The average molecular weight is 402 g/mol. The first-order valence-electron chi connectivity index (χ1n) is 11.3. The van der Waals surface area contributed by atoms with Crippen molar-refractivity contribution in [2.75, 3.05) is 57.8 Å². The molecule has 0 amide bonds. The van der Waals surface area contributed by atoms with E-state index in [1.165, 1.54) is 25.7 Å². The summed E-state index contributed by atoms with van der Waals surface area (Å²) in [6.07, 6.45) is 10.2. The van der Waals surface area contributed by atoms with E-state index in [2.05, 4.69) is 49.2 Å². The Labute approximate surface area is 176 Å². The summed E-state index contributed by atoms with van der Waals surface area (Å²) >= 11 is 0. The highest BCUT2D eigenvalue weighted by Gasteiger charge is 2.37. The van der Waals surface area contributed by atoms with Crippen LogP contribution in [0.1, 0.15) is 46.0 Å². The van der Waals surface area contributed by atoms with Gasteiger partial charge in [-0.3, -0.25) is 9.89 Å². The van der Waals surface area contributed by atoms with E-state index in [0.717, 1.165) is 70.1 Å². The molecule has 0 aromatic carbocycles. The van der Waals surface area contributed by atoms with E-state index < -0.39 is 0 Å². The van der Waals surface area contributed by atoms with Crippen molar-refractivity contribution >= 4 is 11.9 Å². The number of hydrogen-bond acceptors (Lipinski definition) is 5. The van der Waals surface area contributed by atoms with Gasteiger partial charge in [0, 0.05) is 58.7 Å². The van der Waals surface area contributed by atoms with Gasteiger partial charge < -0.3 is 15.5 Å². The molecule has 1 aromatic rings. The van der Waals surface area contributed by atoms with Crippen LogP contribution >= 0.6 is 0 Å². The van der Waals surface area contributed by atoms with Crippen molar-refractivity contribution in [2.45, 2.75) is 46.0 Å². The summed E-state index contributed by atoms with van der Waals surface area (Å²) in [6, 6.07) is 1.87. The Bertz CT molecular complexity index is 619. The molecular weight excluding hydrogens is 362 g/mol. The van der Waals surface area contributed by atoms with Gasteiger partial charge in [-0.25, -0.2) is 9.97 Å². The van der Waals surface area contributed by atoms with Gasteiger partial charge in [-0.05, 0) is 49.6 Å². The Hall–Kier alpha value is -1.89. The van der Waals surface area contributed by atoms with E-state index in [4.69, 9.17) is 0 Å². The van der Waals surface area contributed by atoms with E-state index in [-0.39, 0.29) is 0 Å². The van der Waals surface area contributed by atoms with Crippen molar-refractivity contribution in [3.05, 3.63) is 18.5 Å². The molecule has 162 valence electrons. The highest BCUT2D eigenvalue weighted by Crippen LogP contribution is 2.45. The number of nitrogens with zero attached hydrogens (tertiary/aromatic N) is 5. The van der Waals surface area contributed by atoms with Crippen molar-refractivity contribution < 1.29 is 0 Å². The van der Waals surface area contributed by atoms with Gasteiger partial charge in [-0.1, -0.05) is 20.3 Å². The lowest BCUT2D eigenvalue weighted by Gasteiger charge is -2.43. The van der Waals surface area contributed by atoms with Gasteiger partial charge in [0.05, 0.1) is 0 Å². The summed E-state index contributed by atoms with van der Waals surface area (Å²) in [6.45, 7) is 11.9. The van der Waals surface area contributed by atoms with Crippen molar-refractivity contribution in [3.63, 3.8) is 0 Å². The third kappa shape index (κ3) is 6.56. The quantitative estimate of drug-likeness (QED) is 0.376. The maximum Gasteiger partial charge on any atom is 0.225 e. The molecule has 2 N–H and O–H groups in total. The number of guanidine groups is 1. The van der Waals surface area contributed by atoms with Crippen LogP contribution in [-0.4, -0.2) is 73.7 Å². The third-order valence-electron chi connectivity index (χ3n) is 6.26. The second kappa shape index (κ2) is 10.8. The minimum absolute atomic E-state index is 0.494. The number of piperazine rings is 1. The number of rotatable bonds is 9. The Balaban J connectivity index is 1.30. The van der Waals surface area contributed by atoms with Crippen LogP contribution < -0.4 is 15.5 Å². The van der Waals surface area contributed by atoms with Crippen molar-refractivity contribution in [1.82, 2.24) is 25.5 Å². The monoisotopic (exact) mass is 401 g/mol. The largest absolute Gasteiger partial charge is 0.356 e. The van der Waals surface area contributed by atoms with Crippen LogP contribution in [0.4, 0.5) is 5.95 Å². The molecule has 3 rings (SSSR count). The van der Waals surface area contributed by atoms with E-state index in [0.29, 0.717) is 5.41 Å². The van der Waals surface area contributed by atoms with Crippen molar-refractivity contribution in [1.29, 1.82) is 0 Å². The van der Waals surface area contributed by atoms with Crippen LogP contribution in [0.3, 0.4) is 0 Å². The number of hydrogen-bond donors (Lipinski definition) is 2. The van der Waals surface area contributed by atoms with Crippen LogP contribution in [0.2, 0.25) is 0 Å². The fourth-order valence-corrected chi connectivity index (χ4v) is 4.62. The van der Waals surface area contributed by atoms with E-state index in [9.17, 15) is 0 Å². The fraction of sp³-hybridized carbons (Fsp3) is 0.773.